The number of H-pyrrole nitrogens is 1. The molecule has 0 aliphatic carbocycles. The number of rotatable bonds is 7. The van der Waals surface area contributed by atoms with E-state index in [2.05, 4.69) is 22.0 Å². The van der Waals surface area contributed by atoms with Crippen LogP contribution in [0.3, 0.4) is 0 Å². The van der Waals surface area contributed by atoms with Crippen molar-refractivity contribution in [1.29, 1.82) is 0 Å². The standard InChI is InChI=1S/C25H20FN3O2S/c26-19-10-8-18(9-11-19)21-16-32-25-23(21)24(30)27-22(28-25)15-29(14-20-7-4-12-31-20)13-17-5-2-1-3-6-17/h1-12,16H,13-15H2,(H,27,28,30). The van der Waals surface area contributed by atoms with Gasteiger partial charge in [0.25, 0.3) is 5.56 Å². The highest BCUT2D eigenvalue weighted by Gasteiger charge is 2.16. The van der Waals surface area contributed by atoms with E-state index in [1.54, 1.807) is 18.4 Å². The maximum absolute atomic E-state index is 13.3. The molecule has 32 heavy (non-hydrogen) atoms. The molecule has 3 aromatic heterocycles. The number of hydrogen-bond acceptors (Lipinski definition) is 5. The Labute approximate surface area is 187 Å². The van der Waals surface area contributed by atoms with Crippen molar-refractivity contribution in [2.75, 3.05) is 0 Å². The number of aromatic amines is 1. The summed E-state index contributed by atoms with van der Waals surface area (Å²) < 4.78 is 18.8. The molecule has 0 amide bonds. The van der Waals surface area contributed by atoms with Crippen LogP contribution >= 0.6 is 11.3 Å². The molecule has 0 unspecified atom stereocenters. The van der Waals surface area contributed by atoms with Gasteiger partial charge >= 0.3 is 0 Å². The summed E-state index contributed by atoms with van der Waals surface area (Å²) in [4.78, 5) is 23.5. The fourth-order valence-electron chi connectivity index (χ4n) is 3.75. The third-order valence-electron chi connectivity index (χ3n) is 5.23. The second-order valence-corrected chi connectivity index (χ2v) is 8.42. The quantitative estimate of drug-likeness (QED) is 0.355. The van der Waals surface area contributed by atoms with E-state index in [4.69, 9.17) is 9.40 Å². The van der Waals surface area contributed by atoms with Gasteiger partial charge in [-0.15, -0.1) is 11.3 Å². The Morgan fingerprint density at radius 2 is 1.78 bits per heavy atom. The van der Waals surface area contributed by atoms with Gasteiger partial charge in [0.15, 0.2) is 0 Å². The number of halogens is 1. The van der Waals surface area contributed by atoms with Crippen LogP contribution in [-0.4, -0.2) is 14.9 Å². The van der Waals surface area contributed by atoms with Crippen LogP contribution < -0.4 is 5.56 Å². The molecule has 5 aromatic rings. The van der Waals surface area contributed by atoms with E-state index < -0.39 is 0 Å². The maximum atomic E-state index is 13.3. The van der Waals surface area contributed by atoms with Gasteiger partial charge in [-0.05, 0) is 35.4 Å². The molecule has 5 rings (SSSR count). The minimum atomic E-state index is -0.308. The lowest BCUT2D eigenvalue weighted by atomic mass is 10.1. The van der Waals surface area contributed by atoms with Crippen molar-refractivity contribution >= 4 is 21.6 Å². The predicted molar refractivity (Wildman–Crippen MR) is 124 cm³/mol. The van der Waals surface area contributed by atoms with Crippen molar-refractivity contribution in [3.8, 4) is 11.1 Å². The first kappa shape index (κ1) is 20.4. The molecule has 0 aliphatic heterocycles. The van der Waals surface area contributed by atoms with Crippen LogP contribution in [0.25, 0.3) is 21.3 Å². The van der Waals surface area contributed by atoms with Crippen molar-refractivity contribution in [2.24, 2.45) is 0 Å². The molecule has 7 heteroatoms. The first-order chi connectivity index (χ1) is 15.7. The van der Waals surface area contributed by atoms with Gasteiger partial charge in [-0.2, -0.15) is 0 Å². The molecule has 5 nitrogen and oxygen atoms in total. The Kier molecular flexibility index (Phi) is 5.66. The minimum Gasteiger partial charge on any atom is -0.468 e. The van der Waals surface area contributed by atoms with Crippen LogP contribution in [0.5, 0.6) is 0 Å². The molecule has 1 N–H and O–H groups in total. The lowest BCUT2D eigenvalue weighted by molar-refractivity contribution is 0.221. The fraction of sp³-hybridized carbons (Fsp3) is 0.120. The third-order valence-corrected chi connectivity index (χ3v) is 6.10. The first-order valence-electron chi connectivity index (χ1n) is 10.2. The summed E-state index contributed by atoms with van der Waals surface area (Å²) >= 11 is 1.42. The molecule has 2 aromatic carbocycles. The number of benzene rings is 2. The zero-order chi connectivity index (χ0) is 21.9. The Balaban J connectivity index is 1.45. The SMILES string of the molecule is O=c1[nH]c(CN(Cc2ccccc2)Cc2ccco2)nc2scc(-c3ccc(F)cc3)c12. The molecule has 0 bridgehead atoms. The Bertz CT molecular complexity index is 1380. The molecule has 0 saturated carbocycles. The summed E-state index contributed by atoms with van der Waals surface area (Å²) in [6, 6.07) is 20.1. The molecular weight excluding hydrogens is 425 g/mol. The summed E-state index contributed by atoms with van der Waals surface area (Å²) in [6.07, 6.45) is 1.66. The highest BCUT2D eigenvalue weighted by Crippen LogP contribution is 2.31. The first-order valence-corrected chi connectivity index (χ1v) is 11.1. The number of fused-ring (bicyclic) bond motifs is 1. The van der Waals surface area contributed by atoms with E-state index in [9.17, 15) is 9.18 Å². The molecule has 0 fully saturated rings. The molecule has 0 aliphatic rings. The van der Waals surface area contributed by atoms with E-state index in [0.717, 1.165) is 22.5 Å². The predicted octanol–water partition coefficient (Wildman–Crippen LogP) is 5.59. The normalized spacial score (nSPS) is 11.4. The number of nitrogens with zero attached hydrogens (tertiary/aromatic N) is 2. The second kappa shape index (κ2) is 8.90. The van der Waals surface area contributed by atoms with Gasteiger partial charge < -0.3 is 9.40 Å². The molecule has 0 radical (unpaired) electrons. The van der Waals surface area contributed by atoms with Crippen molar-refractivity contribution in [2.45, 2.75) is 19.6 Å². The summed E-state index contributed by atoms with van der Waals surface area (Å²) in [7, 11) is 0. The van der Waals surface area contributed by atoms with Crippen LogP contribution in [0.4, 0.5) is 4.39 Å². The Morgan fingerprint density at radius 3 is 2.53 bits per heavy atom. The highest BCUT2D eigenvalue weighted by molar-refractivity contribution is 7.17. The smallest absolute Gasteiger partial charge is 0.260 e. The molecule has 0 spiro atoms. The van der Waals surface area contributed by atoms with Crippen LogP contribution in [0.2, 0.25) is 0 Å². The van der Waals surface area contributed by atoms with Crippen molar-refractivity contribution in [1.82, 2.24) is 14.9 Å². The number of hydrogen-bond donors (Lipinski definition) is 1. The van der Waals surface area contributed by atoms with E-state index in [1.165, 1.54) is 23.5 Å². The molecule has 160 valence electrons. The van der Waals surface area contributed by atoms with Crippen molar-refractivity contribution < 1.29 is 8.81 Å². The van der Waals surface area contributed by atoms with Crippen molar-refractivity contribution in [3.63, 3.8) is 0 Å². The van der Waals surface area contributed by atoms with E-state index in [0.29, 0.717) is 35.7 Å². The van der Waals surface area contributed by atoms with E-state index in [-0.39, 0.29) is 11.4 Å². The van der Waals surface area contributed by atoms with Gasteiger partial charge in [-0.3, -0.25) is 9.69 Å². The van der Waals surface area contributed by atoms with Gasteiger partial charge in [-0.1, -0.05) is 42.5 Å². The number of furan rings is 1. The number of nitrogens with one attached hydrogen (secondary N) is 1. The molecule has 3 heterocycles. The summed E-state index contributed by atoms with van der Waals surface area (Å²) in [5.74, 6) is 1.13. The molecule has 0 atom stereocenters. The van der Waals surface area contributed by atoms with Gasteiger partial charge in [0.2, 0.25) is 0 Å². The lowest BCUT2D eigenvalue weighted by Gasteiger charge is -2.20. The average Bonchev–Trinajstić information content (AvgIpc) is 3.45. The van der Waals surface area contributed by atoms with Crippen LogP contribution in [0.15, 0.2) is 87.6 Å². The van der Waals surface area contributed by atoms with Gasteiger partial charge in [0, 0.05) is 17.5 Å². The minimum absolute atomic E-state index is 0.191. The third kappa shape index (κ3) is 4.39. The monoisotopic (exact) mass is 445 g/mol. The lowest BCUT2D eigenvalue weighted by Crippen LogP contribution is -2.25. The largest absolute Gasteiger partial charge is 0.468 e. The van der Waals surface area contributed by atoms with E-state index >= 15 is 0 Å². The Morgan fingerprint density at radius 1 is 0.969 bits per heavy atom. The number of aromatic nitrogens is 2. The van der Waals surface area contributed by atoms with Crippen LogP contribution in [-0.2, 0) is 19.6 Å². The number of thiophene rings is 1. The maximum Gasteiger partial charge on any atom is 0.260 e. The van der Waals surface area contributed by atoms with Gasteiger partial charge in [0.05, 0.1) is 24.7 Å². The molecular formula is C25H20FN3O2S. The highest BCUT2D eigenvalue weighted by atomic mass is 32.1. The van der Waals surface area contributed by atoms with Crippen LogP contribution in [0.1, 0.15) is 17.1 Å². The zero-order valence-electron chi connectivity index (χ0n) is 17.1. The summed E-state index contributed by atoms with van der Waals surface area (Å²) in [6.45, 7) is 1.74. The van der Waals surface area contributed by atoms with E-state index in [1.807, 2.05) is 35.7 Å². The topological polar surface area (TPSA) is 62.1 Å². The second-order valence-electron chi connectivity index (χ2n) is 7.56. The summed E-state index contributed by atoms with van der Waals surface area (Å²) in [5, 5.41) is 2.43. The van der Waals surface area contributed by atoms with Crippen molar-refractivity contribution in [3.05, 3.63) is 112 Å². The fourth-order valence-corrected chi connectivity index (χ4v) is 4.72. The molecule has 0 saturated heterocycles. The van der Waals surface area contributed by atoms with Gasteiger partial charge in [-0.25, -0.2) is 9.37 Å². The summed E-state index contributed by atoms with van der Waals surface area (Å²) in [5.41, 5.74) is 2.53. The Hall–Kier alpha value is -3.55. The zero-order valence-corrected chi connectivity index (χ0v) is 17.9. The average molecular weight is 446 g/mol. The van der Waals surface area contributed by atoms with Crippen LogP contribution in [0, 0.1) is 5.82 Å². The van der Waals surface area contributed by atoms with Gasteiger partial charge in [0.1, 0.15) is 22.2 Å².